The van der Waals surface area contributed by atoms with Crippen LogP contribution in [-0.4, -0.2) is 38.5 Å². The molecule has 1 aromatic carbocycles. The maximum absolute atomic E-state index is 9.33. The molecule has 0 fully saturated rings. The van der Waals surface area contributed by atoms with Crippen LogP contribution in [0.2, 0.25) is 0 Å². The monoisotopic (exact) mass is 350 g/mol. The minimum atomic E-state index is 0.0460. The molecule has 0 saturated carbocycles. The van der Waals surface area contributed by atoms with E-state index < -0.39 is 0 Å². The molecule has 0 spiro atoms. The molecule has 0 aliphatic carbocycles. The molecule has 0 radical (unpaired) electrons. The lowest BCUT2D eigenvalue weighted by atomic mass is 10.1. The number of nitrogens with two attached hydrogens (primary N) is 1. The summed E-state index contributed by atoms with van der Waals surface area (Å²) in [4.78, 5) is 8.37. The van der Waals surface area contributed by atoms with Gasteiger partial charge in [0.25, 0.3) is 0 Å². The minimum Gasteiger partial charge on any atom is -0.396 e. The molecule has 26 heavy (non-hydrogen) atoms. The van der Waals surface area contributed by atoms with E-state index >= 15 is 0 Å². The summed E-state index contributed by atoms with van der Waals surface area (Å²) < 4.78 is 1.73. The van der Waals surface area contributed by atoms with E-state index in [9.17, 15) is 5.11 Å². The SMILES string of the molecule is CNc1ccc(C)c(C#Cc2nn(C[C@H](C)CO)c3ncnc(N)c23)c1. The first-order valence-electron chi connectivity index (χ1n) is 8.41. The van der Waals surface area contributed by atoms with Crippen molar-refractivity contribution >= 4 is 22.5 Å². The highest BCUT2D eigenvalue weighted by Crippen LogP contribution is 2.22. The van der Waals surface area contributed by atoms with Crippen LogP contribution in [0.3, 0.4) is 0 Å². The van der Waals surface area contributed by atoms with Crippen molar-refractivity contribution in [3.8, 4) is 11.8 Å². The number of aryl methyl sites for hydroxylation is 1. The molecule has 3 rings (SSSR count). The largest absolute Gasteiger partial charge is 0.396 e. The van der Waals surface area contributed by atoms with Gasteiger partial charge in [-0.2, -0.15) is 5.10 Å². The van der Waals surface area contributed by atoms with E-state index in [2.05, 4.69) is 32.2 Å². The molecule has 0 saturated heterocycles. The maximum Gasteiger partial charge on any atom is 0.164 e. The number of hydrogen-bond donors (Lipinski definition) is 3. The van der Waals surface area contributed by atoms with Gasteiger partial charge in [-0.3, -0.25) is 0 Å². The van der Waals surface area contributed by atoms with E-state index in [0.717, 1.165) is 16.8 Å². The second kappa shape index (κ2) is 7.42. The highest BCUT2D eigenvalue weighted by molar-refractivity contribution is 5.90. The number of nitrogen functional groups attached to an aromatic ring is 1. The van der Waals surface area contributed by atoms with Gasteiger partial charge in [0.1, 0.15) is 17.8 Å². The van der Waals surface area contributed by atoms with Crippen LogP contribution in [0, 0.1) is 24.7 Å². The van der Waals surface area contributed by atoms with Gasteiger partial charge >= 0.3 is 0 Å². The van der Waals surface area contributed by atoms with Crippen molar-refractivity contribution in [1.29, 1.82) is 0 Å². The second-order valence-electron chi connectivity index (χ2n) is 6.31. The van der Waals surface area contributed by atoms with Crippen molar-refractivity contribution in [3.63, 3.8) is 0 Å². The Kier molecular flexibility index (Phi) is 5.05. The first-order chi connectivity index (χ1) is 12.5. The van der Waals surface area contributed by atoms with Crippen LogP contribution in [0.5, 0.6) is 0 Å². The van der Waals surface area contributed by atoms with Crippen LogP contribution in [-0.2, 0) is 6.54 Å². The highest BCUT2D eigenvalue weighted by Gasteiger charge is 2.15. The number of rotatable bonds is 4. The summed E-state index contributed by atoms with van der Waals surface area (Å²) in [6.45, 7) is 4.55. The number of anilines is 2. The predicted octanol–water partition coefficient (Wildman–Crippen LogP) is 1.79. The summed E-state index contributed by atoms with van der Waals surface area (Å²) in [5.41, 5.74) is 10.2. The van der Waals surface area contributed by atoms with Gasteiger partial charge in [0.15, 0.2) is 5.65 Å². The molecule has 1 atom stereocenters. The van der Waals surface area contributed by atoms with Gasteiger partial charge in [-0.1, -0.05) is 18.9 Å². The fourth-order valence-corrected chi connectivity index (χ4v) is 2.64. The predicted molar refractivity (Wildman–Crippen MR) is 103 cm³/mol. The van der Waals surface area contributed by atoms with E-state index in [1.165, 1.54) is 6.33 Å². The van der Waals surface area contributed by atoms with Gasteiger partial charge in [0, 0.05) is 31.5 Å². The average Bonchev–Trinajstić information content (AvgIpc) is 3.00. The van der Waals surface area contributed by atoms with Gasteiger partial charge < -0.3 is 16.2 Å². The summed E-state index contributed by atoms with van der Waals surface area (Å²) in [6.07, 6.45) is 1.41. The van der Waals surface area contributed by atoms with Crippen LogP contribution in [0.4, 0.5) is 11.5 Å². The van der Waals surface area contributed by atoms with Crippen LogP contribution >= 0.6 is 0 Å². The third kappa shape index (κ3) is 3.46. The first kappa shape index (κ1) is 17.7. The fourth-order valence-electron chi connectivity index (χ4n) is 2.64. The van der Waals surface area contributed by atoms with Crippen molar-refractivity contribution in [2.45, 2.75) is 20.4 Å². The molecule has 7 heteroatoms. The number of nitrogens with one attached hydrogen (secondary N) is 1. The molecule has 0 amide bonds. The molecule has 2 heterocycles. The first-order valence-corrected chi connectivity index (χ1v) is 8.41. The molecule has 7 nitrogen and oxygen atoms in total. The van der Waals surface area contributed by atoms with Gasteiger partial charge in [-0.05, 0) is 36.5 Å². The second-order valence-corrected chi connectivity index (χ2v) is 6.31. The third-order valence-electron chi connectivity index (χ3n) is 4.20. The lowest BCUT2D eigenvalue weighted by molar-refractivity contribution is 0.220. The average molecular weight is 350 g/mol. The van der Waals surface area contributed by atoms with Crippen molar-refractivity contribution < 1.29 is 5.11 Å². The number of aromatic nitrogens is 4. The van der Waals surface area contributed by atoms with Crippen molar-refractivity contribution in [3.05, 3.63) is 41.3 Å². The van der Waals surface area contributed by atoms with Crippen molar-refractivity contribution in [2.75, 3.05) is 24.7 Å². The zero-order chi connectivity index (χ0) is 18.7. The normalized spacial score (nSPS) is 11.8. The molecule has 0 bridgehead atoms. The summed E-state index contributed by atoms with van der Waals surface area (Å²) >= 11 is 0. The van der Waals surface area contributed by atoms with Crippen LogP contribution in [0.15, 0.2) is 24.5 Å². The summed E-state index contributed by atoms with van der Waals surface area (Å²) in [6, 6.07) is 6.02. The number of hydrogen-bond acceptors (Lipinski definition) is 6. The maximum atomic E-state index is 9.33. The third-order valence-corrected chi connectivity index (χ3v) is 4.20. The molecule has 0 aliphatic heterocycles. The lowest BCUT2D eigenvalue weighted by Crippen LogP contribution is -2.12. The molecule has 2 aromatic heterocycles. The van der Waals surface area contributed by atoms with Crippen LogP contribution < -0.4 is 11.1 Å². The van der Waals surface area contributed by atoms with Gasteiger partial charge in [0.05, 0.1) is 5.39 Å². The number of nitrogens with zero attached hydrogens (tertiary/aromatic N) is 4. The Balaban J connectivity index is 2.09. The summed E-state index contributed by atoms with van der Waals surface area (Å²) in [5.74, 6) is 6.69. The van der Waals surface area contributed by atoms with Crippen molar-refractivity contribution in [1.82, 2.24) is 19.7 Å². The Bertz CT molecular complexity index is 998. The molecular weight excluding hydrogens is 328 g/mol. The number of benzene rings is 1. The fraction of sp³-hybridized carbons (Fsp3) is 0.316. The number of aliphatic hydroxyl groups is 1. The van der Waals surface area contributed by atoms with E-state index in [4.69, 9.17) is 5.73 Å². The van der Waals surface area contributed by atoms with Crippen LogP contribution in [0.1, 0.15) is 23.7 Å². The zero-order valence-electron chi connectivity index (χ0n) is 15.1. The number of fused-ring (bicyclic) bond motifs is 1. The molecular formula is C19H22N6O. The smallest absolute Gasteiger partial charge is 0.164 e. The van der Waals surface area contributed by atoms with Gasteiger partial charge in [-0.25, -0.2) is 14.6 Å². The van der Waals surface area contributed by atoms with E-state index in [-0.39, 0.29) is 12.5 Å². The molecule has 0 aliphatic rings. The van der Waals surface area contributed by atoms with Gasteiger partial charge in [-0.15, -0.1) is 0 Å². The molecule has 0 unspecified atom stereocenters. The summed E-state index contributed by atoms with van der Waals surface area (Å²) in [7, 11) is 1.87. The quantitative estimate of drug-likeness (QED) is 0.620. The standard InChI is InChI=1S/C19H22N6O/c1-12(10-26)9-25-19-17(18(20)22-11-23-19)16(24-25)7-5-14-8-15(21-3)6-4-13(14)2/h4,6,8,11-12,21,26H,9-10H2,1-3H3,(H2,20,22,23)/t12-/m0/s1. The lowest BCUT2D eigenvalue weighted by Gasteiger charge is -2.07. The van der Waals surface area contributed by atoms with E-state index in [0.29, 0.717) is 29.1 Å². The van der Waals surface area contributed by atoms with Gasteiger partial charge in [0.2, 0.25) is 0 Å². The van der Waals surface area contributed by atoms with E-state index in [1.54, 1.807) is 4.68 Å². The Morgan fingerprint density at radius 3 is 2.85 bits per heavy atom. The zero-order valence-corrected chi connectivity index (χ0v) is 15.1. The Morgan fingerprint density at radius 2 is 2.12 bits per heavy atom. The van der Waals surface area contributed by atoms with Crippen LogP contribution in [0.25, 0.3) is 11.0 Å². The van der Waals surface area contributed by atoms with Crippen molar-refractivity contribution in [2.24, 2.45) is 5.92 Å². The van der Waals surface area contributed by atoms with E-state index in [1.807, 2.05) is 39.1 Å². The molecule has 3 aromatic rings. The minimum absolute atomic E-state index is 0.0460. The Hall–Kier alpha value is -3.11. The molecule has 4 N–H and O–H groups in total. The topological polar surface area (TPSA) is 102 Å². The Morgan fingerprint density at radius 1 is 1.31 bits per heavy atom. The summed E-state index contributed by atoms with van der Waals surface area (Å²) in [5, 5.41) is 17.6. The number of aliphatic hydroxyl groups excluding tert-OH is 1. The highest BCUT2D eigenvalue weighted by atomic mass is 16.3. The molecule has 134 valence electrons. The Labute approximate surface area is 152 Å².